The van der Waals surface area contributed by atoms with Gasteiger partial charge in [0.2, 0.25) is 0 Å². The van der Waals surface area contributed by atoms with Crippen LogP contribution in [0, 0.1) is 5.92 Å². The van der Waals surface area contributed by atoms with Gasteiger partial charge in [-0.1, -0.05) is 6.07 Å². The lowest BCUT2D eigenvalue weighted by atomic mass is 9.88. The molecule has 2 N–H and O–H groups in total. The first kappa shape index (κ1) is 17.2. The van der Waals surface area contributed by atoms with Gasteiger partial charge in [0.15, 0.2) is 0 Å². The van der Waals surface area contributed by atoms with E-state index in [0.717, 1.165) is 10.9 Å². The number of nitrogens with one attached hydrogen (secondary N) is 1. The number of H-pyrrole nitrogens is 1. The van der Waals surface area contributed by atoms with Gasteiger partial charge in [-0.25, -0.2) is 8.42 Å². The summed E-state index contributed by atoms with van der Waals surface area (Å²) in [6, 6.07) is 5.26. The number of rotatable bonds is 3. The number of halogens is 3. The summed E-state index contributed by atoms with van der Waals surface area (Å²) in [5, 5.41) is 18.0. The number of aromatic nitrogens is 2. The van der Waals surface area contributed by atoms with Crippen LogP contribution in [0.2, 0.25) is 0 Å². The third kappa shape index (κ3) is 3.01. The maximum atomic E-state index is 12.6. The molecule has 2 aromatic rings. The summed E-state index contributed by atoms with van der Waals surface area (Å²) in [5.41, 5.74) is -3.83. The molecule has 1 atom stereocenters. The summed E-state index contributed by atoms with van der Waals surface area (Å²) in [6.45, 7) is -0.505. The Kier molecular flexibility index (Phi) is 4.30. The first-order chi connectivity index (χ1) is 11.2. The van der Waals surface area contributed by atoms with Crippen molar-refractivity contribution in [1.82, 2.24) is 14.5 Å². The number of hydrogen-bond donors (Lipinski definition) is 2. The average Bonchev–Trinajstić information content (AvgIpc) is 3.00. The minimum Gasteiger partial charge on any atom is -0.388 e. The van der Waals surface area contributed by atoms with Crippen LogP contribution < -0.4 is 0 Å². The van der Waals surface area contributed by atoms with Crippen molar-refractivity contribution in [2.45, 2.75) is 24.5 Å². The van der Waals surface area contributed by atoms with Crippen molar-refractivity contribution < 1.29 is 26.7 Å². The van der Waals surface area contributed by atoms with E-state index < -0.39 is 21.6 Å². The van der Waals surface area contributed by atoms with Gasteiger partial charge in [0.1, 0.15) is 0 Å². The standard InChI is InChI=1S/C14H16F3N3O3S/c15-14(16,17)24(22,23)20-5-3-9(4-6-20)13(21)10-1-2-12-11(7-10)8-18-19-12/h1-2,7-9,13,21H,3-6H2,(H,18,19). The van der Waals surface area contributed by atoms with E-state index in [-0.39, 0.29) is 31.8 Å². The highest BCUT2D eigenvalue weighted by molar-refractivity contribution is 7.90. The number of aliphatic hydroxyl groups is 1. The summed E-state index contributed by atoms with van der Waals surface area (Å²) >= 11 is 0. The number of fused-ring (bicyclic) bond motifs is 1. The van der Waals surface area contributed by atoms with E-state index in [0.29, 0.717) is 9.87 Å². The molecule has 132 valence electrons. The van der Waals surface area contributed by atoms with Crippen molar-refractivity contribution in [2.75, 3.05) is 13.1 Å². The molecule has 2 heterocycles. The molecule has 0 amide bonds. The van der Waals surface area contributed by atoms with E-state index in [1.807, 2.05) is 0 Å². The topological polar surface area (TPSA) is 86.3 Å². The van der Waals surface area contributed by atoms with E-state index in [1.54, 1.807) is 24.4 Å². The Hall–Kier alpha value is -1.65. The van der Waals surface area contributed by atoms with Crippen LogP contribution in [0.5, 0.6) is 0 Å². The van der Waals surface area contributed by atoms with Gasteiger partial charge in [0.05, 0.1) is 17.8 Å². The number of hydrogen-bond acceptors (Lipinski definition) is 4. The first-order valence-electron chi connectivity index (χ1n) is 7.37. The fourth-order valence-corrected chi connectivity index (χ4v) is 3.98. The highest BCUT2D eigenvalue weighted by Gasteiger charge is 2.50. The number of aromatic amines is 1. The second-order valence-corrected chi connectivity index (χ2v) is 7.78. The van der Waals surface area contributed by atoms with Crippen LogP contribution in [-0.4, -0.2) is 46.6 Å². The van der Waals surface area contributed by atoms with Crippen LogP contribution >= 0.6 is 0 Å². The molecular weight excluding hydrogens is 347 g/mol. The van der Waals surface area contributed by atoms with E-state index in [4.69, 9.17) is 0 Å². The van der Waals surface area contributed by atoms with Gasteiger partial charge in [-0.2, -0.15) is 22.6 Å². The molecule has 0 spiro atoms. The molecule has 10 heteroatoms. The Labute approximate surface area is 136 Å². The number of sulfonamides is 1. The van der Waals surface area contributed by atoms with Crippen LogP contribution in [0.15, 0.2) is 24.4 Å². The van der Waals surface area contributed by atoms with Crippen LogP contribution in [0.3, 0.4) is 0 Å². The molecule has 1 aromatic heterocycles. The second kappa shape index (κ2) is 6.01. The van der Waals surface area contributed by atoms with Gasteiger partial charge < -0.3 is 5.11 Å². The van der Waals surface area contributed by atoms with Crippen LogP contribution in [0.1, 0.15) is 24.5 Å². The summed E-state index contributed by atoms with van der Waals surface area (Å²) < 4.78 is 60.9. The van der Waals surface area contributed by atoms with Crippen molar-refractivity contribution in [3.63, 3.8) is 0 Å². The summed E-state index contributed by atoms with van der Waals surface area (Å²) in [7, 11) is -5.30. The van der Waals surface area contributed by atoms with Crippen molar-refractivity contribution in [3.05, 3.63) is 30.0 Å². The lowest BCUT2D eigenvalue weighted by Gasteiger charge is -2.33. The molecule has 0 radical (unpaired) electrons. The third-order valence-electron chi connectivity index (χ3n) is 4.38. The minimum absolute atomic E-state index is 0.167. The fraction of sp³-hybridized carbons (Fsp3) is 0.500. The predicted octanol–water partition coefficient (Wildman–Crippen LogP) is 2.16. The summed E-state index contributed by atoms with van der Waals surface area (Å²) in [6.07, 6.45) is 1.09. The lowest BCUT2D eigenvalue weighted by molar-refractivity contribution is -0.0502. The molecule has 1 fully saturated rings. The third-order valence-corrected chi connectivity index (χ3v) is 6.01. The average molecular weight is 363 g/mol. The normalized spacial score (nSPS) is 19.7. The lowest BCUT2D eigenvalue weighted by Crippen LogP contribution is -2.45. The SMILES string of the molecule is O=S(=O)(N1CCC(C(O)c2ccc3[nH]ncc3c2)CC1)C(F)(F)F. The molecule has 1 aromatic carbocycles. The van der Waals surface area contributed by atoms with Crippen LogP contribution in [0.25, 0.3) is 10.9 Å². The molecule has 6 nitrogen and oxygen atoms in total. The van der Waals surface area contributed by atoms with Crippen molar-refractivity contribution in [1.29, 1.82) is 0 Å². The molecular formula is C14H16F3N3O3S. The Balaban J connectivity index is 1.70. The molecule has 24 heavy (non-hydrogen) atoms. The van der Waals surface area contributed by atoms with Gasteiger partial charge in [-0.05, 0) is 36.5 Å². The number of nitrogens with zero attached hydrogens (tertiary/aromatic N) is 2. The van der Waals surface area contributed by atoms with Crippen molar-refractivity contribution in [3.8, 4) is 0 Å². The monoisotopic (exact) mass is 363 g/mol. The summed E-state index contributed by atoms with van der Waals surface area (Å²) in [4.78, 5) is 0. The number of benzene rings is 1. The molecule has 1 aliphatic rings. The Morgan fingerprint density at radius 1 is 1.29 bits per heavy atom. The zero-order valence-corrected chi connectivity index (χ0v) is 13.3. The van der Waals surface area contributed by atoms with Crippen LogP contribution in [-0.2, 0) is 10.0 Å². The van der Waals surface area contributed by atoms with E-state index >= 15 is 0 Å². The number of aliphatic hydroxyl groups excluding tert-OH is 1. The number of alkyl halides is 3. The predicted molar refractivity (Wildman–Crippen MR) is 80.3 cm³/mol. The molecule has 0 aliphatic carbocycles. The molecule has 3 rings (SSSR count). The molecule has 0 bridgehead atoms. The zero-order valence-electron chi connectivity index (χ0n) is 12.5. The second-order valence-electron chi connectivity index (χ2n) is 5.85. The fourth-order valence-electron chi connectivity index (χ4n) is 3.00. The van der Waals surface area contributed by atoms with Gasteiger partial charge in [0, 0.05) is 18.5 Å². The Bertz CT molecular complexity index is 826. The van der Waals surface area contributed by atoms with E-state index in [1.165, 1.54) is 0 Å². The summed E-state index contributed by atoms with van der Waals surface area (Å²) in [5.74, 6) is -0.297. The maximum Gasteiger partial charge on any atom is 0.511 e. The van der Waals surface area contributed by atoms with Gasteiger partial charge in [-0.3, -0.25) is 5.10 Å². The quantitative estimate of drug-likeness (QED) is 0.875. The molecule has 0 saturated carbocycles. The van der Waals surface area contributed by atoms with E-state index in [9.17, 15) is 26.7 Å². The van der Waals surface area contributed by atoms with Crippen molar-refractivity contribution >= 4 is 20.9 Å². The van der Waals surface area contributed by atoms with E-state index in [2.05, 4.69) is 10.2 Å². The smallest absolute Gasteiger partial charge is 0.388 e. The maximum absolute atomic E-state index is 12.6. The highest BCUT2D eigenvalue weighted by atomic mass is 32.2. The largest absolute Gasteiger partial charge is 0.511 e. The molecule has 1 unspecified atom stereocenters. The van der Waals surface area contributed by atoms with Gasteiger partial charge in [-0.15, -0.1) is 0 Å². The minimum atomic E-state index is -5.30. The zero-order chi connectivity index (χ0) is 17.5. The van der Waals surface area contributed by atoms with Crippen molar-refractivity contribution in [2.24, 2.45) is 5.92 Å². The Morgan fingerprint density at radius 3 is 2.58 bits per heavy atom. The highest BCUT2D eigenvalue weighted by Crippen LogP contribution is 2.35. The molecule has 1 saturated heterocycles. The molecule has 1 aliphatic heterocycles. The number of piperidine rings is 1. The van der Waals surface area contributed by atoms with Gasteiger partial charge >= 0.3 is 15.5 Å². The van der Waals surface area contributed by atoms with Gasteiger partial charge in [0.25, 0.3) is 0 Å². The Morgan fingerprint density at radius 2 is 1.96 bits per heavy atom. The first-order valence-corrected chi connectivity index (χ1v) is 8.81. The van der Waals surface area contributed by atoms with Crippen LogP contribution in [0.4, 0.5) is 13.2 Å².